The third-order valence-corrected chi connectivity index (χ3v) is 3.25. The van der Waals surface area contributed by atoms with Gasteiger partial charge in [0.1, 0.15) is 5.82 Å². The van der Waals surface area contributed by atoms with Crippen molar-refractivity contribution in [1.29, 1.82) is 0 Å². The maximum absolute atomic E-state index is 9.29. The minimum Gasteiger partial charge on any atom is -0.395 e. The molecule has 1 heterocycles. The third kappa shape index (κ3) is 2.45. The molecule has 1 N–H and O–H groups in total. The van der Waals surface area contributed by atoms with Gasteiger partial charge in [-0.05, 0) is 17.7 Å². The van der Waals surface area contributed by atoms with Crippen LogP contribution in [0.25, 0.3) is 32.9 Å². The van der Waals surface area contributed by atoms with Gasteiger partial charge in [0.15, 0.2) is 0 Å². The van der Waals surface area contributed by atoms with E-state index in [4.69, 9.17) is 5.53 Å². The third-order valence-electron chi connectivity index (χ3n) is 3.25. The minimum atomic E-state index is 0.0311. The second-order valence-corrected chi connectivity index (χ2v) is 4.54. The molecule has 0 atom stereocenters. The molecule has 2 aromatic carbocycles. The number of azide groups is 1. The van der Waals surface area contributed by atoms with E-state index in [-0.39, 0.29) is 6.61 Å². The normalized spacial score (nSPS) is 10.5. The minimum absolute atomic E-state index is 0.0311. The molecule has 0 saturated carbocycles. The first-order chi connectivity index (χ1) is 10.3. The van der Waals surface area contributed by atoms with Gasteiger partial charge in [-0.15, -0.1) is 0 Å². The van der Waals surface area contributed by atoms with E-state index in [1.54, 1.807) is 12.1 Å². The van der Waals surface area contributed by atoms with Gasteiger partial charge in [0.25, 0.3) is 0 Å². The molecule has 0 spiro atoms. The Bertz CT molecular complexity index is 819. The van der Waals surface area contributed by atoms with Gasteiger partial charge in [-0.3, -0.25) is 0 Å². The lowest BCUT2D eigenvalue weighted by Gasteiger charge is -2.07. The number of rotatable bonds is 4. The van der Waals surface area contributed by atoms with E-state index in [1.165, 1.54) is 0 Å². The molecule has 104 valence electrons. The number of benzene rings is 2. The molecular weight excluding hydrogens is 266 g/mol. The fourth-order valence-electron chi connectivity index (χ4n) is 2.37. The largest absolute Gasteiger partial charge is 0.395 e. The van der Waals surface area contributed by atoms with Crippen LogP contribution in [0.3, 0.4) is 0 Å². The average Bonchev–Trinajstić information content (AvgIpc) is 2.87. The van der Waals surface area contributed by atoms with E-state index in [2.05, 4.69) is 15.0 Å². The predicted molar refractivity (Wildman–Crippen MR) is 81.1 cm³/mol. The summed E-state index contributed by atoms with van der Waals surface area (Å²) in [5, 5.41) is 12.9. The summed E-state index contributed by atoms with van der Waals surface area (Å²) in [7, 11) is 0. The highest BCUT2D eigenvalue weighted by molar-refractivity contribution is 5.83. The van der Waals surface area contributed by atoms with Gasteiger partial charge in [0, 0.05) is 22.7 Å². The van der Waals surface area contributed by atoms with Crippen LogP contribution in [0.1, 0.15) is 0 Å². The van der Waals surface area contributed by atoms with Crippen molar-refractivity contribution < 1.29 is 5.11 Å². The van der Waals surface area contributed by atoms with Crippen LogP contribution in [0.5, 0.6) is 0 Å². The van der Waals surface area contributed by atoms with Gasteiger partial charge in [0.2, 0.25) is 0 Å². The number of imidazole rings is 1. The standard InChI is InChI=1S/C15H13N5O/c16-19-18-12-6-7-14-13(10-12)17-15(20(14)8-9-21)11-4-2-1-3-5-11/h1-7,10,21H,8-9H2. The van der Waals surface area contributed by atoms with Crippen LogP contribution in [-0.4, -0.2) is 21.3 Å². The highest BCUT2D eigenvalue weighted by atomic mass is 16.3. The number of aromatic nitrogens is 2. The highest BCUT2D eigenvalue weighted by Gasteiger charge is 2.12. The van der Waals surface area contributed by atoms with Crippen molar-refractivity contribution in [1.82, 2.24) is 9.55 Å². The number of hydrogen-bond donors (Lipinski definition) is 1. The van der Waals surface area contributed by atoms with Crippen LogP contribution < -0.4 is 0 Å². The SMILES string of the molecule is [N-]=[N+]=Nc1ccc2c(c1)nc(-c1ccccc1)n2CCO. The van der Waals surface area contributed by atoms with Crippen LogP contribution in [0.2, 0.25) is 0 Å². The Labute approximate surface area is 120 Å². The first kappa shape index (κ1) is 13.2. The quantitative estimate of drug-likeness (QED) is 0.449. The second kappa shape index (κ2) is 5.66. The van der Waals surface area contributed by atoms with Crippen LogP contribution in [0.4, 0.5) is 5.69 Å². The van der Waals surface area contributed by atoms with Gasteiger partial charge in [-0.2, -0.15) is 0 Å². The number of fused-ring (bicyclic) bond motifs is 1. The molecule has 3 rings (SSSR count). The van der Waals surface area contributed by atoms with E-state index in [0.29, 0.717) is 12.2 Å². The van der Waals surface area contributed by atoms with Crippen molar-refractivity contribution in [2.45, 2.75) is 6.54 Å². The summed E-state index contributed by atoms with van der Waals surface area (Å²) < 4.78 is 1.96. The van der Waals surface area contributed by atoms with Crippen molar-refractivity contribution in [3.05, 3.63) is 59.0 Å². The molecule has 6 nitrogen and oxygen atoms in total. The Kier molecular flexibility index (Phi) is 3.55. The van der Waals surface area contributed by atoms with E-state index in [9.17, 15) is 5.11 Å². The monoisotopic (exact) mass is 279 g/mol. The number of aliphatic hydroxyl groups is 1. The fourth-order valence-corrected chi connectivity index (χ4v) is 2.37. The summed E-state index contributed by atoms with van der Waals surface area (Å²) in [6, 6.07) is 15.1. The van der Waals surface area contributed by atoms with Gasteiger partial charge in [-0.25, -0.2) is 4.98 Å². The maximum Gasteiger partial charge on any atom is 0.141 e. The van der Waals surface area contributed by atoms with E-state index in [0.717, 1.165) is 22.4 Å². The molecule has 0 aliphatic rings. The number of aliphatic hydroxyl groups excluding tert-OH is 1. The van der Waals surface area contributed by atoms with Crippen LogP contribution in [0, 0.1) is 0 Å². The van der Waals surface area contributed by atoms with E-state index < -0.39 is 0 Å². The summed E-state index contributed by atoms with van der Waals surface area (Å²) in [6.45, 7) is 0.491. The van der Waals surface area contributed by atoms with Gasteiger partial charge in [-0.1, -0.05) is 41.5 Å². The Balaban J connectivity index is 2.23. The molecule has 6 heteroatoms. The number of nitrogens with zero attached hydrogens (tertiary/aromatic N) is 5. The molecule has 1 aromatic heterocycles. The zero-order chi connectivity index (χ0) is 14.7. The molecule has 0 aliphatic heterocycles. The average molecular weight is 279 g/mol. The Morgan fingerprint density at radius 2 is 2.00 bits per heavy atom. The van der Waals surface area contributed by atoms with Crippen molar-refractivity contribution >= 4 is 16.7 Å². The van der Waals surface area contributed by atoms with Crippen LogP contribution in [-0.2, 0) is 6.54 Å². The molecule has 0 saturated heterocycles. The van der Waals surface area contributed by atoms with Crippen molar-refractivity contribution in [2.24, 2.45) is 5.11 Å². The van der Waals surface area contributed by atoms with Crippen LogP contribution >= 0.6 is 0 Å². The topological polar surface area (TPSA) is 86.8 Å². The van der Waals surface area contributed by atoms with Crippen molar-refractivity contribution in [3.8, 4) is 11.4 Å². The Morgan fingerprint density at radius 3 is 2.71 bits per heavy atom. The Hall–Kier alpha value is -2.82. The smallest absolute Gasteiger partial charge is 0.141 e. The number of hydrogen-bond acceptors (Lipinski definition) is 3. The summed E-state index contributed by atoms with van der Waals surface area (Å²) >= 11 is 0. The first-order valence-corrected chi connectivity index (χ1v) is 6.55. The van der Waals surface area contributed by atoms with Gasteiger partial charge in [0.05, 0.1) is 17.6 Å². The van der Waals surface area contributed by atoms with Crippen molar-refractivity contribution in [2.75, 3.05) is 6.61 Å². The maximum atomic E-state index is 9.29. The highest BCUT2D eigenvalue weighted by Crippen LogP contribution is 2.27. The molecule has 0 amide bonds. The molecule has 0 fully saturated rings. The molecule has 0 unspecified atom stereocenters. The van der Waals surface area contributed by atoms with E-state index in [1.807, 2.05) is 41.0 Å². The van der Waals surface area contributed by atoms with Crippen LogP contribution in [0.15, 0.2) is 53.6 Å². The summed E-state index contributed by atoms with van der Waals surface area (Å²) in [4.78, 5) is 7.40. The zero-order valence-electron chi connectivity index (χ0n) is 11.2. The first-order valence-electron chi connectivity index (χ1n) is 6.55. The Morgan fingerprint density at radius 1 is 1.19 bits per heavy atom. The van der Waals surface area contributed by atoms with Gasteiger partial charge >= 0.3 is 0 Å². The lowest BCUT2D eigenvalue weighted by molar-refractivity contribution is 0.278. The molecular formula is C15H13N5O. The predicted octanol–water partition coefficient (Wildman–Crippen LogP) is 3.64. The molecule has 0 aliphatic carbocycles. The fraction of sp³-hybridized carbons (Fsp3) is 0.133. The summed E-state index contributed by atoms with van der Waals surface area (Å²) in [5.41, 5.74) is 11.7. The summed E-state index contributed by atoms with van der Waals surface area (Å²) in [6.07, 6.45) is 0. The summed E-state index contributed by atoms with van der Waals surface area (Å²) in [5.74, 6) is 0.790. The second-order valence-electron chi connectivity index (χ2n) is 4.54. The molecule has 0 radical (unpaired) electrons. The lowest BCUT2D eigenvalue weighted by Crippen LogP contribution is -2.03. The zero-order valence-corrected chi connectivity index (χ0v) is 11.2. The van der Waals surface area contributed by atoms with Gasteiger partial charge < -0.3 is 9.67 Å². The molecule has 0 bridgehead atoms. The lowest BCUT2D eigenvalue weighted by atomic mass is 10.2. The van der Waals surface area contributed by atoms with E-state index >= 15 is 0 Å². The van der Waals surface area contributed by atoms with Crippen molar-refractivity contribution in [3.63, 3.8) is 0 Å². The molecule has 21 heavy (non-hydrogen) atoms. The molecule has 3 aromatic rings.